The summed E-state index contributed by atoms with van der Waals surface area (Å²) in [5.74, 6) is -0.220. The van der Waals surface area contributed by atoms with Crippen LogP contribution in [0.15, 0.2) is 42.6 Å². The van der Waals surface area contributed by atoms with Crippen LogP contribution in [0.3, 0.4) is 0 Å². The summed E-state index contributed by atoms with van der Waals surface area (Å²) < 4.78 is 46.6. The first kappa shape index (κ1) is 24.2. The molecule has 1 aromatic carbocycles. The molecule has 166 valence electrons. The zero-order valence-electron chi connectivity index (χ0n) is 17.5. The van der Waals surface area contributed by atoms with E-state index in [0.29, 0.717) is 11.4 Å². The molecule has 0 spiro atoms. The van der Waals surface area contributed by atoms with Gasteiger partial charge in [0.05, 0.1) is 19.2 Å². The van der Waals surface area contributed by atoms with Crippen LogP contribution in [0.4, 0.5) is 13.2 Å². The molecule has 31 heavy (non-hydrogen) atoms. The van der Waals surface area contributed by atoms with Crippen LogP contribution in [0, 0.1) is 17.2 Å². The van der Waals surface area contributed by atoms with Crippen LogP contribution < -0.4 is 15.4 Å². The second-order valence-electron chi connectivity index (χ2n) is 7.41. The number of carbonyl (C=O) groups excluding carboxylic acids is 1. The van der Waals surface area contributed by atoms with E-state index in [9.17, 15) is 18.0 Å². The number of carbonyl (C=O) groups is 1. The van der Waals surface area contributed by atoms with E-state index in [-0.39, 0.29) is 24.4 Å². The first-order valence-corrected chi connectivity index (χ1v) is 9.73. The fraction of sp³-hybridized carbons (Fsp3) is 0.409. The number of nitrogens with zero attached hydrogens (tertiary/aromatic N) is 2. The van der Waals surface area contributed by atoms with Crippen molar-refractivity contribution in [2.75, 3.05) is 13.7 Å². The average molecular weight is 434 g/mol. The fourth-order valence-electron chi connectivity index (χ4n) is 3.09. The van der Waals surface area contributed by atoms with Gasteiger partial charge >= 0.3 is 6.18 Å². The molecule has 6 nitrogen and oxygen atoms in total. The third-order valence-corrected chi connectivity index (χ3v) is 4.58. The van der Waals surface area contributed by atoms with E-state index in [0.717, 1.165) is 5.56 Å². The lowest BCUT2D eigenvalue weighted by atomic mass is 9.98. The van der Waals surface area contributed by atoms with Gasteiger partial charge in [-0.3, -0.25) is 10.1 Å². The van der Waals surface area contributed by atoms with Crippen molar-refractivity contribution in [3.63, 3.8) is 0 Å². The number of halogens is 3. The monoisotopic (exact) mass is 434 g/mol. The van der Waals surface area contributed by atoms with Crippen LogP contribution in [0.1, 0.15) is 31.9 Å². The molecule has 0 aliphatic carbocycles. The maximum atomic E-state index is 13.9. The Morgan fingerprint density at radius 3 is 2.29 bits per heavy atom. The third-order valence-electron chi connectivity index (χ3n) is 4.58. The zero-order chi connectivity index (χ0) is 23.0. The molecule has 2 aromatic rings. The van der Waals surface area contributed by atoms with Crippen LogP contribution in [0.25, 0.3) is 11.1 Å². The molecule has 0 saturated heterocycles. The highest BCUT2D eigenvalue weighted by Gasteiger charge is 2.42. The van der Waals surface area contributed by atoms with Gasteiger partial charge in [-0.15, -0.1) is 0 Å². The molecule has 0 aliphatic heterocycles. The number of pyridine rings is 1. The van der Waals surface area contributed by atoms with Gasteiger partial charge in [0.25, 0.3) is 0 Å². The molecule has 0 radical (unpaired) electrons. The summed E-state index contributed by atoms with van der Waals surface area (Å²) in [6, 6.07) is 7.97. The van der Waals surface area contributed by atoms with Crippen LogP contribution in [0.2, 0.25) is 0 Å². The normalized spacial score (nSPS) is 13.4. The predicted molar refractivity (Wildman–Crippen MR) is 110 cm³/mol. The fourth-order valence-corrected chi connectivity index (χ4v) is 3.09. The van der Waals surface area contributed by atoms with Crippen molar-refractivity contribution >= 4 is 5.91 Å². The molecule has 1 aromatic heterocycles. The summed E-state index contributed by atoms with van der Waals surface area (Å²) >= 11 is 0. The van der Waals surface area contributed by atoms with Crippen molar-refractivity contribution in [3.05, 3.63) is 48.2 Å². The van der Waals surface area contributed by atoms with Crippen LogP contribution in [-0.4, -0.2) is 36.8 Å². The van der Waals surface area contributed by atoms with E-state index in [2.05, 4.69) is 15.6 Å². The number of aromatic nitrogens is 1. The number of nitrogens with one attached hydrogen (secondary N) is 2. The molecule has 9 heteroatoms. The number of benzene rings is 1. The predicted octanol–water partition coefficient (Wildman–Crippen LogP) is 4.00. The van der Waals surface area contributed by atoms with Crippen molar-refractivity contribution in [1.29, 1.82) is 5.26 Å². The van der Waals surface area contributed by atoms with Crippen LogP contribution in [-0.2, 0) is 4.79 Å². The average Bonchev–Trinajstić information content (AvgIpc) is 2.74. The second-order valence-corrected chi connectivity index (χ2v) is 7.41. The number of methoxy groups -OCH3 is 1. The Kier molecular flexibility index (Phi) is 8.39. The maximum absolute atomic E-state index is 13.9. The largest absolute Gasteiger partial charge is 0.481 e. The number of hydrogen-bond acceptors (Lipinski definition) is 5. The lowest BCUT2D eigenvalue weighted by Gasteiger charge is -2.28. The van der Waals surface area contributed by atoms with Crippen molar-refractivity contribution < 1.29 is 22.7 Å². The highest BCUT2D eigenvalue weighted by molar-refractivity contribution is 5.82. The maximum Gasteiger partial charge on any atom is 0.407 e. The number of rotatable bonds is 9. The number of alkyl halides is 3. The second kappa shape index (κ2) is 10.8. The van der Waals surface area contributed by atoms with E-state index in [4.69, 9.17) is 10.00 Å². The Hall–Kier alpha value is -3.12. The summed E-state index contributed by atoms with van der Waals surface area (Å²) in [5.41, 5.74) is 1.42. The molecule has 0 unspecified atom stereocenters. The molecule has 2 N–H and O–H groups in total. The lowest BCUT2D eigenvalue weighted by molar-refractivity contribution is -0.161. The molecule has 2 atom stereocenters. The van der Waals surface area contributed by atoms with Crippen molar-refractivity contribution in [2.24, 2.45) is 5.92 Å². The van der Waals surface area contributed by atoms with Gasteiger partial charge in [0.2, 0.25) is 11.8 Å². The first-order valence-electron chi connectivity index (χ1n) is 9.73. The highest BCUT2D eigenvalue weighted by atomic mass is 19.4. The number of nitriles is 1. The Balaban J connectivity index is 2.28. The van der Waals surface area contributed by atoms with E-state index < -0.39 is 24.2 Å². The first-order chi connectivity index (χ1) is 14.7. The Bertz CT molecular complexity index is 891. The molecular weight excluding hydrogens is 409 g/mol. The molecule has 0 aliphatic rings. The van der Waals surface area contributed by atoms with E-state index in [1.54, 1.807) is 36.5 Å². The quantitative estimate of drug-likeness (QED) is 0.583. The molecule has 2 rings (SSSR count). The summed E-state index contributed by atoms with van der Waals surface area (Å²) in [6.45, 7) is 3.36. The van der Waals surface area contributed by atoms with Crippen molar-refractivity contribution in [1.82, 2.24) is 15.6 Å². The molecule has 1 heterocycles. The Morgan fingerprint density at radius 1 is 1.16 bits per heavy atom. The van der Waals surface area contributed by atoms with E-state index in [1.807, 2.05) is 13.8 Å². The van der Waals surface area contributed by atoms with Crippen LogP contribution in [0.5, 0.6) is 5.88 Å². The van der Waals surface area contributed by atoms with Gasteiger partial charge in [-0.25, -0.2) is 4.98 Å². The van der Waals surface area contributed by atoms with Gasteiger partial charge in [-0.1, -0.05) is 38.1 Å². The van der Waals surface area contributed by atoms with Crippen molar-refractivity contribution in [2.45, 2.75) is 38.5 Å². The Labute approximate surface area is 179 Å². The minimum Gasteiger partial charge on any atom is -0.481 e. The van der Waals surface area contributed by atoms with E-state index >= 15 is 0 Å². The summed E-state index contributed by atoms with van der Waals surface area (Å²) in [4.78, 5) is 16.4. The zero-order valence-corrected chi connectivity index (χ0v) is 17.5. The van der Waals surface area contributed by atoms with Gasteiger partial charge in [0, 0.05) is 17.8 Å². The van der Waals surface area contributed by atoms with E-state index in [1.165, 1.54) is 19.2 Å². The Morgan fingerprint density at radius 2 is 1.81 bits per heavy atom. The smallest absolute Gasteiger partial charge is 0.407 e. The summed E-state index contributed by atoms with van der Waals surface area (Å²) in [5, 5.41) is 13.4. The topological polar surface area (TPSA) is 87.0 Å². The minimum absolute atomic E-state index is 0.0143. The number of ether oxygens (including phenoxy) is 1. The number of amides is 1. The van der Waals surface area contributed by atoms with Gasteiger partial charge in [-0.2, -0.15) is 18.4 Å². The molecule has 0 fully saturated rings. The van der Waals surface area contributed by atoms with Crippen LogP contribution >= 0.6 is 0 Å². The number of hydrogen-bond donors (Lipinski definition) is 2. The minimum atomic E-state index is -4.62. The highest BCUT2D eigenvalue weighted by Crippen LogP contribution is 2.34. The molecule has 1 amide bonds. The molecule has 0 saturated carbocycles. The summed E-state index contributed by atoms with van der Waals surface area (Å²) in [6.07, 6.45) is -2.85. The van der Waals surface area contributed by atoms with Gasteiger partial charge in [-0.05, 0) is 29.5 Å². The van der Waals surface area contributed by atoms with Crippen molar-refractivity contribution in [3.8, 4) is 23.1 Å². The lowest BCUT2D eigenvalue weighted by Crippen LogP contribution is -2.49. The van der Waals surface area contributed by atoms with Gasteiger partial charge in [0.15, 0.2) is 0 Å². The molecular formula is C22H25F3N4O2. The third kappa shape index (κ3) is 6.96. The molecule has 0 bridgehead atoms. The van der Waals surface area contributed by atoms with Gasteiger partial charge in [0.1, 0.15) is 12.6 Å². The van der Waals surface area contributed by atoms with Gasteiger partial charge < -0.3 is 10.1 Å². The SMILES string of the molecule is COc1ccc(-c2ccc([C@H](N[C@@H](CC(C)C)C(=O)NCC#N)C(F)(F)F)cc2)cn1. The summed E-state index contributed by atoms with van der Waals surface area (Å²) in [7, 11) is 1.49. The standard InChI is InChI=1S/C22H25F3N4O2/c1-14(2)12-18(21(30)27-11-10-26)29-20(22(23,24)25)16-6-4-15(5-7-16)17-8-9-19(31-3)28-13-17/h4-9,13-14,18,20,29H,11-12H2,1-3H3,(H,27,30)/t18-,20-/m0/s1.